The van der Waals surface area contributed by atoms with E-state index < -0.39 is 17.8 Å². The highest BCUT2D eigenvalue weighted by Crippen LogP contribution is 2.24. The zero-order valence-electron chi connectivity index (χ0n) is 12.7. The number of rotatable bonds is 4. The van der Waals surface area contributed by atoms with Crippen molar-refractivity contribution in [2.45, 2.75) is 45.8 Å². The van der Waals surface area contributed by atoms with Crippen molar-refractivity contribution in [1.29, 1.82) is 0 Å². The first-order chi connectivity index (χ1) is 9.21. The predicted octanol–water partition coefficient (Wildman–Crippen LogP) is 2.97. The first kappa shape index (κ1) is 16.3. The Balaban J connectivity index is 2.83. The highest BCUT2D eigenvalue weighted by molar-refractivity contribution is 5.85. The number of aliphatic hydroxyl groups is 1. The summed E-state index contributed by atoms with van der Waals surface area (Å²) in [6.07, 6.45) is -0.543. The van der Waals surface area contributed by atoms with Gasteiger partial charge in [-0.25, -0.2) is 4.79 Å². The van der Waals surface area contributed by atoms with Crippen LogP contribution in [0.4, 0.5) is 10.5 Å². The van der Waals surface area contributed by atoms with Crippen molar-refractivity contribution in [2.24, 2.45) is 0 Å². The summed E-state index contributed by atoms with van der Waals surface area (Å²) in [7, 11) is 1.57. The fourth-order valence-corrected chi connectivity index (χ4v) is 1.76. The van der Waals surface area contributed by atoms with E-state index in [1.807, 2.05) is 0 Å². The summed E-state index contributed by atoms with van der Waals surface area (Å²) >= 11 is 0. The SMILES string of the molecule is COc1ccc(NC(=O)OC(C)(C)C)cc1CC(C)O. The van der Waals surface area contributed by atoms with E-state index in [9.17, 15) is 9.90 Å². The predicted molar refractivity (Wildman–Crippen MR) is 78.2 cm³/mol. The Hall–Kier alpha value is -1.75. The molecule has 0 fully saturated rings. The molecule has 5 heteroatoms. The van der Waals surface area contributed by atoms with Crippen LogP contribution in [-0.2, 0) is 11.2 Å². The first-order valence-electron chi connectivity index (χ1n) is 6.56. The number of ether oxygens (including phenoxy) is 2. The molecule has 1 rings (SSSR count). The molecule has 1 aromatic carbocycles. The molecule has 0 radical (unpaired) electrons. The molecule has 0 aliphatic rings. The van der Waals surface area contributed by atoms with Crippen LogP contribution in [0.15, 0.2) is 18.2 Å². The van der Waals surface area contributed by atoms with Gasteiger partial charge >= 0.3 is 6.09 Å². The first-order valence-corrected chi connectivity index (χ1v) is 6.56. The van der Waals surface area contributed by atoms with E-state index in [-0.39, 0.29) is 0 Å². The molecule has 0 saturated heterocycles. The lowest BCUT2D eigenvalue weighted by Crippen LogP contribution is -2.27. The standard InChI is InChI=1S/C15H23NO4/c1-10(17)8-11-9-12(6-7-13(11)19-5)16-14(18)20-15(2,3)4/h6-7,9-10,17H,8H2,1-5H3,(H,16,18). The Labute approximate surface area is 119 Å². The molecule has 2 N–H and O–H groups in total. The van der Waals surface area contributed by atoms with Crippen molar-refractivity contribution >= 4 is 11.8 Å². The zero-order chi connectivity index (χ0) is 15.3. The van der Waals surface area contributed by atoms with Crippen LogP contribution in [-0.4, -0.2) is 30.0 Å². The van der Waals surface area contributed by atoms with E-state index in [4.69, 9.17) is 9.47 Å². The molecule has 1 atom stereocenters. The fourth-order valence-electron chi connectivity index (χ4n) is 1.76. The molecule has 1 amide bonds. The molecule has 0 aliphatic carbocycles. The third-order valence-corrected chi connectivity index (χ3v) is 2.44. The van der Waals surface area contributed by atoms with Gasteiger partial charge in [-0.1, -0.05) is 0 Å². The lowest BCUT2D eigenvalue weighted by Gasteiger charge is -2.20. The van der Waals surface area contributed by atoms with E-state index in [1.165, 1.54) is 0 Å². The lowest BCUT2D eigenvalue weighted by molar-refractivity contribution is 0.0636. The minimum atomic E-state index is -0.543. The highest BCUT2D eigenvalue weighted by atomic mass is 16.6. The van der Waals surface area contributed by atoms with Crippen molar-refractivity contribution in [3.8, 4) is 5.75 Å². The number of nitrogens with one attached hydrogen (secondary N) is 1. The summed E-state index contributed by atoms with van der Waals surface area (Å²) in [5, 5.41) is 12.1. The Morgan fingerprint density at radius 2 is 2.05 bits per heavy atom. The summed E-state index contributed by atoms with van der Waals surface area (Å²) in [4.78, 5) is 11.7. The van der Waals surface area contributed by atoms with Crippen LogP contribution in [0.2, 0.25) is 0 Å². The van der Waals surface area contributed by atoms with Crippen LogP contribution in [0.3, 0.4) is 0 Å². The van der Waals surface area contributed by atoms with Gasteiger partial charge in [0, 0.05) is 12.1 Å². The molecule has 0 saturated carbocycles. The second-order valence-corrected chi connectivity index (χ2v) is 5.71. The molecule has 1 aromatic rings. The van der Waals surface area contributed by atoms with E-state index in [1.54, 1.807) is 53.0 Å². The number of hydrogen-bond acceptors (Lipinski definition) is 4. The number of methoxy groups -OCH3 is 1. The van der Waals surface area contributed by atoms with Crippen LogP contribution in [0.1, 0.15) is 33.3 Å². The summed E-state index contributed by atoms with van der Waals surface area (Å²) < 4.78 is 10.4. The van der Waals surface area contributed by atoms with E-state index in [0.717, 1.165) is 5.56 Å². The summed E-state index contributed by atoms with van der Waals surface area (Å²) in [6.45, 7) is 7.12. The van der Waals surface area contributed by atoms with Crippen LogP contribution in [0.25, 0.3) is 0 Å². The maximum Gasteiger partial charge on any atom is 0.412 e. The van der Waals surface area contributed by atoms with E-state index >= 15 is 0 Å². The second-order valence-electron chi connectivity index (χ2n) is 5.71. The van der Waals surface area contributed by atoms with Gasteiger partial charge in [0.05, 0.1) is 13.2 Å². The molecular weight excluding hydrogens is 258 g/mol. The Morgan fingerprint density at radius 3 is 2.55 bits per heavy atom. The van der Waals surface area contributed by atoms with E-state index in [0.29, 0.717) is 17.9 Å². The molecule has 0 bridgehead atoms. The van der Waals surface area contributed by atoms with Crippen LogP contribution in [0, 0.1) is 0 Å². The van der Waals surface area contributed by atoms with Gasteiger partial charge in [-0.2, -0.15) is 0 Å². The average Bonchev–Trinajstić information content (AvgIpc) is 2.25. The third kappa shape index (κ3) is 5.48. The highest BCUT2D eigenvalue weighted by Gasteiger charge is 2.16. The molecule has 1 unspecified atom stereocenters. The summed E-state index contributed by atoms with van der Waals surface area (Å²) in [5.74, 6) is 0.681. The van der Waals surface area contributed by atoms with Crippen LogP contribution < -0.4 is 10.1 Å². The average molecular weight is 281 g/mol. The topological polar surface area (TPSA) is 67.8 Å². The van der Waals surface area contributed by atoms with Crippen molar-refractivity contribution in [3.05, 3.63) is 23.8 Å². The molecule has 0 heterocycles. The van der Waals surface area contributed by atoms with Gasteiger partial charge in [0.15, 0.2) is 0 Å². The smallest absolute Gasteiger partial charge is 0.412 e. The van der Waals surface area contributed by atoms with Crippen molar-refractivity contribution < 1.29 is 19.4 Å². The minimum absolute atomic E-state index is 0.451. The summed E-state index contributed by atoms with van der Waals surface area (Å²) in [5.41, 5.74) is 0.894. The third-order valence-electron chi connectivity index (χ3n) is 2.44. The van der Waals surface area contributed by atoms with Crippen molar-refractivity contribution in [1.82, 2.24) is 0 Å². The Morgan fingerprint density at radius 1 is 1.40 bits per heavy atom. The van der Waals surface area contributed by atoms with Crippen LogP contribution >= 0.6 is 0 Å². The molecule has 0 aliphatic heterocycles. The molecule has 112 valence electrons. The maximum atomic E-state index is 11.7. The normalized spacial score (nSPS) is 12.7. The Kier molecular flexibility index (Phi) is 5.39. The molecule has 20 heavy (non-hydrogen) atoms. The molecular formula is C15H23NO4. The number of benzene rings is 1. The number of amides is 1. The second kappa shape index (κ2) is 6.61. The molecule has 0 spiro atoms. The molecule has 5 nitrogen and oxygen atoms in total. The minimum Gasteiger partial charge on any atom is -0.496 e. The van der Waals surface area contributed by atoms with Crippen LogP contribution in [0.5, 0.6) is 5.75 Å². The van der Waals surface area contributed by atoms with Crippen molar-refractivity contribution in [3.63, 3.8) is 0 Å². The Bertz CT molecular complexity index is 463. The van der Waals surface area contributed by atoms with Crippen molar-refractivity contribution in [2.75, 3.05) is 12.4 Å². The van der Waals surface area contributed by atoms with Gasteiger partial charge in [0.25, 0.3) is 0 Å². The number of carbonyl (C=O) groups is 1. The number of aliphatic hydroxyl groups excluding tert-OH is 1. The van der Waals surface area contributed by atoms with Gasteiger partial charge in [0.1, 0.15) is 11.4 Å². The fraction of sp³-hybridized carbons (Fsp3) is 0.533. The lowest BCUT2D eigenvalue weighted by atomic mass is 10.1. The largest absolute Gasteiger partial charge is 0.496 e. The zero-order valence-corrected chi connectivity index (χ0v) is 12.7. The van der Waals surface area contributed by atoms with Gasteiger partial charge in [0.2, 0.25) is 0 Å². The van der Waals surface area contributed by atoms with Gasteiger partial charge in [-0.05, 0) is 51.5 Å². The number of anilines is 1. The maximum absolute atomic E-state index is 11.7. The van der Waals surface area contributed by atoms with Gasteiger partial charge in [-0.3, -0.25) is 5.32 Å². The summed E-state index contributed by atoms with van der Waals surface area (Å²) in [6, 6.07) is 5.26. The van der Waals surface area contributed by atoms with Gasteiger partial charge < -0.3 is 14.6 Å². The quantitative estimate of drug-likeness (QED) is 0.890. The number of hydrogen-bond donors (Lipinski definition) is 2. The van der Waals surface area contributed by atoms with Gasteiger partial charge in [-0.15, -0.1) is 0 Å². The van der Waals surface area contributed by atoms with E-state index in [2.05, 4.69) is 5.32 Å². The number of carbonyl (C=O) groups excluding carboxylic acids is 1. The molecule has 0 aromatic heterocycles. The monoisotopic (exact) mass is 281 g/mol.